The van der Waals surface area contributed by atoms with Crippen LogP contribution in [0.2, 0.25) is 0 Å². The van der Waals surface area contributed by atoms with E-state index in [1.54, 1.807) is 17.1 Å². The highest BCUT2D eigenvalue weighted by Crippen LogP contribution is 2.35. The average molecular weight is 581 g/mol. The number of carboxylic acid groups (broad SMARTS) is 1. The van der Waals surface area contributed by atoms with Crippen LogP contribution in [-0.4, -0.2) is 72.8 Å². The molecule has 1 fully saturated rings. The molecule has 2 aromatic rings. The molecule has 2 heterocycles. The molecular weight excluding hydrogens is 554 g/mol. The molecule has 11 heteroatoms. The summed E-state index contributed by atoms with van der Waals surface area (Å²) in [4.78, 5) is 19.3. The lowest BCUT2D eigenvalue weighted by atomic mass is 10.0. The fourth-order valence-corrected chi connectivity index (χ4v) is 7.10. The van der Waals surface area contributed by atoms with E-state index in [4.69, 9.17) is 9.72 Å². The van der Waals surface area contributed by atoms with Gasteiger partial charge in [0.15, 0.2) is 19.9 Å². The Morgan fingerprint density at radius 1 is 1.40 bits per heavy atom. The summed E-state index contributed by atoms with van der Waals surface area (Å²) in [5, 5.41) is 12.7. The number of benzene rings is 1. The van der Waals surface area contributed by atoms with Gasteiger partial charge < -0.3 is 19.6 Å². The van der Waals surface area contributed by atoms with E-state index in [0.29, 0.717) is 18.8 Å². The molecule has 35 heavy (non-hydrogen) atoms. The van der Waals surface area contributed by atoms with E-state index in [1.165, 1.54) is 30.6 Å². The lowest BCUT2D eigenvalue weighted by Gasteiger charge is -2.42. The van der Waals surface area contributed by atoms with Gasteiger partial charge >= 0.3 is 5.97 Å². The highest BCUT2D eigenvalue weighted by molar-refractivity contribution is 9.10. The van der Waals surface area contributed by atoms with Crippen LogP contribution in [0.3, 0.4) is 0 Å². The lowest BCUT2D eigenvalue weighted by Crippen LogP contribution is -2.56. The fourth-order valence-electron chi connectivity index (χ4n) is 4.29. The minimum Gasteiger partial charge on any atom is -0.480 e. The van der Waals surface area contributed by atoms with Crippen LogP contribution in [-0.2, 0) is 19.4 Å². The Morgan fingerprint density at radius 3 is 2.80 bits per heavy atom. The number of aromatic nitrogens is 1. The molecule has 1 aliphatic heterocycles. The Bertz CT molecular complexity index is 1290. The topological polar surface area (TPSA) is 100 Å². The number of nitrogens with zero attached hydrogens (tertiary/aromatic N) is 3. The number of carboxylic acids is 1. The molecule has 1 N–H and O–H groups in total. The standard InChI is InChI=1S/C24H26BrN3O5S2/c1-3-14-35(31,32)24(33-2)10-8-17(9-11-24)28-13-12-27(15-21(28)22(29)30)23-26-20(16-34-23)18-6-4-5-7-19(18)25/h3-10,16,21H,1,11-15H2,2H3,(H,29,30). The Kier molecular flexibility index (Phi) is 7.51. The maximum absolute atomic E-state index is 12.7. The molecule has 0 saturated carbocycles. The van der Waals surface area contributed by atoms with Crippen molar-refractivity contribution in [3.05, 3.63) is 70.7 Å². The monoisotopic (exact) mass is 579 g/mol. The van der Waals surface area contributed by atoms with Crippen molar-refractivity contribution in [1.82, 2.24) is 9.88 Å². The van der Waals surface area contributed by atoms with Crippen LogP contribution in [0.4, 0.5) is 5.13 Å². The van der Waals surface area contributed by atoms with Crippen LogP contribution in [0.25, 0.3) is 11.3 Å². The molecule has 1 saturated heterocycles. The molecule has 2 atom stereocenters. The summed E-state index contributed by atoms with van der Waals surface area (Å²) in [6, 6.07) is 7.02. The zero-order valence-electron chi connectivity index (χ0n) is 19.1. The van der Waals surface area contributed by atoms with Crippen molar-refractivity contribution in [2.45, 2.75) is 17.4 Å². The number of hydrogen-bond acceptors (Lipinski definition) is 8. The third-order valence-electron chi connectivity index (χ3n) is 6.22. The van der Waals surface area contributed by atoms with E-state index < -0.39 is 26.8 Å². The van der Waals surface area contributed by atoms with E-state index in [-0.39, 0.29) is 18.7 Å². The smallest absolute Gasteiger partial charge is 0.328 e. The molecule has 186 valence electrons. The number of ether oxygens (including phenoxy) is 1. The number of methoxy groups -OCH3 is 1. The highest BCUT2D eigenvalue weighted by atomic mass is 79.9. The Labute approximate surface area is 217 Å². The fraction of sp³-hybridized carbons (Fsp3) is 0.333. The van der Waals surface area contributed by atoms with Crippen LogP contribution < -0.4 is 4.90 Å². The summed E-state index contributed by atoms with van der Waals surface area (Å²) >= 11 is 5.04. The number of halogens is 1. The van der Waals surface area contributed by atoms with Gasteiger partial charge in [-0.3, -0.25) is 0 Å². The zero-order chi connectivity index (χ0) is 25.2. The third kappa shape index (κ3) is 4.95. The van der Waals surface area contributed by atoms with Crippen molar-refractivity contribution >= 4 is 48.2 Å². The van der Waals surface area contributed by atoms with Gasteiger partial charge in [0.2, 0.25) is 0 Å². The highest BCUT2D eigenvalue weighted by Gasteiger charge is 2.43. The summed E-state index contributed by atoms with van der Waals surface area (Å²) in [5.74, 6) is -1.16. The van der Waals surface area contributed by atoms with Crippen LogP contribution in [0.15, 0.2) is 70.7 Å². The maximum Gasteiger partial charge on any atom is 0.328 e. The number of carbonyl (C=O) groups is 1. The first-order valence-electron chi connectivity index (χ1n) is 10.9. The molecule has 2 aliphatic rings. The molecule has 0 spiro atoms. The Balaban J connectivity index is 1.52. The first-order chi connectivity index (χ1) is 16.7. The van der Waals surface area contributed by atoms with Crippen molar-refractivity contribution in [3.63, 3.8) is 0 Å². The molecule has 0 bridgehead atoms. The summed E-state index contributed by atoms with van der Waals surface area (Å²) in [6.07, 6.45) is 6.33. The lowest BCUT2D eigenvalue weighted by molar-refractivity contribution is -0.142. The minimum atomic E-state index is -3.62. The summed E-state index contributed by atoms with van der Waals surface area (Å²) < 4.78 is 31.8. The first kappa shape index (κ1) is 25.6. The molecule has 4 rings (SSSR count). The Hall–Kier alpha value is -2.47. The van der Waals surface area contributed by atoms with Crippen LogP contribution in [0.1, 0.15) is 6.42 Å². The van der Waals surface area contributed by atoms with E-state index in [9.17, 15) is 18.3 Å². The van der Waals surface area contributed by atoms with Gasteiger partial charge in [-0.2, -0.15) is 0 Å². The number of piperazine rings is 1. The normalized spacial score (nSPS) is 22.7. The number of hydrogen-bond donors (Lipinski definition) is 1. The van der Waals surface area contributed by atoms with E-state index in [0.717, 1.165) is 20.9 Å². The van der Waals surface area contributed by atoms with E-state index in [1.807, 2.05) is 34.5 Å². The second-order valence-corrected chi connectivity index (χ2v) is 12.2. The molecular formula is C24H26BrN3O5S2. The van der Waals surface area contributed by atoms with Crippen molar-refractivity contribution in [1.29, 1.82) is 0 Å². The van der Waals surface area contributed by atoms with Gasteiger partial charge in [-0.15, -0.1) is 17.9 Å². The van der Waals surface area contributed by atoms with Crippen LogP contribution in [0.5, 0.6) is 0 Å². The number of thiazole rings is 1. The summed E-state index contributed by atoms with van der Waals surface area (Å²) in [5.41, 5.74) is 2.49. The number of aliphatic carboxylic acids is 1. The van der Waals surface area contributed by atoms with Crippen molar-refractivity contribution in [3.8, 4) is 11.3 Å². The minimum absolute atomic E-state index is 0.0971. The van der Waals surface area contributed by atoms with Gasteiger partial charge in [-0.25, -0.2) is 18.2 Å². The zero-order valence-corrected chi connectivity index (χ0v) is 22.4. The molecule has 0 radical (unpaired) electrons. The summed E-state index contributed by atoms with van der Waals surface area (Å²) in [7, 11) is -2.26. The van der Waals surface area contributed by atoms with Gasteiger partial charge in [0.1, 0.15) is 6.04 Å². The second kappa shape index (κ2) is 10.3. The van der Waals surface area contributed by atoms with Crippen molar-refractivity contribution in [2.75, 3.05) is 37.4 Å². The molecule has 1 aromatic carbocycles. The predicted molar refractivity (Wildman–Crippen MR) is 141 cm³/mol. The van der Waals surface area contributed by atoms with Crippen molar-refractivity contribution in [2.24, 2.45) is 0 Å². The van der Waals surface area contributed by atoms with E-state index >= 15 is 0 Å². The quantitative estimate of drug-likeness (QED) is 0.469. The second-order valence-electron chi connectivity index (χ2n) is 8.24. The molecule has 8 nitrogen and oxygen atoms in total. The first-order valence-corrected chi connectivity index (χ1v) is 14.3. The third-order valence-corrected chi connectivity index (χ3v) is 10.0. The van der Waals surface area contributed by atoms with Gasteiger partial charge in [-0.1, -0.05) is 46.3 Å². The SMILES string of the molecule is C=CCS(=O)(=O)C1(OC)C=CC(N2CCN(c3nc(-c4ccccc4Br)cs3)CC2C(=O)O)=CC1. The van der Waals surface area contributed by atoms with Gasteiger partial charge in [-0.05, 0) is 18.2 Å². The Morgan fingerprint density at radius 2 is 2.17 bits per heavy atom. The summed E-state index contributed by atoms with van der Waals surface area (Å²) in [6.45, 7) is 4.82. The molecule has 2 unspecified atom stereocenters. The van der Waals surface area contributed by atoms with Gasteiger partial charge in [0.05, 0.1) is 18.0 Å². The number of anilines is 1. The number of sulfone groups is 1. The molecule has 1 aliphatic carbocycles. The number of allylic oxidation sites excluding steroid dienone is 1. The predicted octanol–water partition coefficient (Wildman–Crippen LogP) is 3.94. The van der Waals surface area contributed by atoms with Crippen LogP contribution >= 0.6 is 27.3 Å². The molecule has 1 aromatic heterocycles. The number of rotatable bonds is 8. The molecule has 0 amide bonds. The van der Waals surface area contributed by atoms with Crippen molar-refractivity contribution < 1.29 is 23.1 Å². The van der Waals surface area contributed by atoms with Gasteiger partial charge in [0.25, 0.3) is 0 Å². The van der Waals surface area contributed by atoms with E-state index in [2.05, 4.69) is 22.5 Å². The average Bonchev–Trinajstić information content (AvgIpc) is 3.34. The van der Waals surface area contributed by atoms with Crippen LogP contribution in [0, 0.1) is 0 Å². The van der Waals surface area contributed by atoms with Gasteiger partial charge in [0, 0.05) is 47.7 Å². The largest absolute Gasteiger partial charge is 0.480 e. The maximum atomic E-state index is 12.7.